The van der Waals surface area contributed by atoms with E-state index in [1.54, 1.807) is 18.9 Å². The number of aromatic amines is 1. The molecule has 0 aliphatic carbocycles. The van der Waals surface area contributed by atoms with E-state index in [1.807, 2.05) is 19.9 Å². The predicted molar refractivity (Wildman–Crippen MR) is 81.0 cm³/mol. The molecule has 0 fully saturated rings. The van der Waals surface area contributed by atoms with Gasteiger partial charge >= 0.3 is 0 Å². The number of ether oxygens (including phenoxy) is 1. The minimum absolute atomic E-state index is 0.152. The van der Waals surface area contributed by atoms with Gasteiger partial charge in [0.25, 0.3) is 0 Å². The molecular formula is C14H20N4OS. The molecule has 1 heterocycles. The second-order valence-corrected chi connectivity index (χ2v) is 5.76. The molecule has 0 bridgehead atoms. The van der Waals surface area contributed by atoms with Crippen LogP contribution < -0.4 is 10.5 Å². The molecule has 0 aliphatic rings. The van der Waals surface area contributed by atoms with Crippen molar-refractivity contribution in [3.05, 3.63) is 35.2 Å². The summed E-state index contributed by atoms with van der Waals surface area (Å²) in [6.45, 7) is 3.90. The molecule has 2 aromatic rings. The summed E-state index contributed by atoms with van der Waals surface area (Å²) in [7, 11) is 1.69. The van der Waals surface area contributed by atoms with Gasteiger partial charge in [0.05, 0.1) is 7.11 Å². The molecule has 20 heavy (non-hydrogen) atoms. The number of methoxy groups -OCH3 is 1. The van der Waals surface area contributed by atoms with Crippen LogP contribution in [0.3, 0.4) is 0 Å². The molecule has 1 atom stereocenters. The number of hydrogen-bond acceptors (Lipinski definition) is 5. The number of thioether (sulfide) groups is 1. The number of nitrogens with zero attached hydrogens (tertiary/aromatic N) is 2. The van der Waals surface area contributed by atoms with E-state index in [0.29, 0.717) is 0 Å². The molecular weight excluding hydrogens is 272 g/mol. The molecule has 1 aromatic heterocycles. The number of aryl methyl sites for hydroxylation is 1. The molecule has 5 nitrogen and oxygen atoms in total. The zero-order valence-corrected chi connectivity index (χ0v) is 12.8. The Morgan fingerprint density at radius 1 is 1.45 bits per heavy atom. The van der Waals surface area contributed by atoms with Crippen molar-refractivity contribution in [2.75, 3.05) is 7.11 Å². The smallest absolute Gasteiger partial charge is 0.208 e. The molecule has 1 unspecified atom stereocenters. The molecule has 3 N–H and O–H groups in total. The molecule has 108 valence electrons. The van der Waals surface area contributed by atoms with E-state index in [9.17, 15) is 0 Å². The van der Waals surface area contributed by atoms with E-state index < -0.39 is 0 Å². The van der Waals surface area contributed by atoms with Crippen LogP contribution in [0.2, 0.25) is 0 Å². The van der Waals surface area contributed by atoms with Crippen LogP contribution in [0, 0.1) is 6.92 Å². The molecule has 0 saturated carbocycles. The lowest BCUT2D eigenvalue weighted by atomic mass is 10.0. The van der Waals surface area contributed by atoms with Gasteiger partial charge in [-0.3, -0.25) is 5.10 Å². The quantitative estimate of drug-likeness (QED) is 0.799. The highest BCUT2D eigenvalue weighted by molar-refractivity contribution is 7.98. The van der Waals surface area contributed by atoms with Crippen molar-refractivity contribution in [2.24, 2.45) is 5.73 Å². The summed E-state index contributed by atoms with van der Waals surface area (Å²) in [6, 6.07) is 6.36. The number of rotatable bonds is 6. The van der Waals surface area contributed by atoms with E-state index >= 15 is 0 Å². The van der Waals surface area contributed by atoms with Crippen LogP contribution in [0.4, 0.5) is 0 Å². The molecule has 2 rings (SSSR count). The van der Waals surface area contributed by atoms with Crippen molar-refractivity contribution < 1.29 is 4.74 Å². The van der Waals surface area contributed by atoms with E-state index in [4.69, 9.17) is 10.5 Å². The normalized spacial score (nSPS) is 12.4. The Morgan fingerprint density at radius 2 is 2.25 bits per heavy atom. The van der Waals surface area contributed by atoms with Gasteiger partial charge in [0, 0.05) is 17.4 Å². The standard InChI is InChI=1S/C14H20N4OS/c1-9(15)6-11-4-5-13(19-3)12(7-11)8-20-14-16-10(2)17-18-14/h4-5,7,9H,6,8,15H2,1-3H3,(H,16,17,18). The van der Waals surface area contributed by atoms with Crippen LogP contribution in [0.5, 0.6) is 5.75 Å². The Morgan fingerprint density at radius 3 is 2.85 bits per heavy atom. The van der Waals surface area contributed by atoms with Crippen LogP contribution in [0.15, 0.2) is 23.4 Å². The minimum Gasteiger partial charge on any atom is -0.496 e. The summed E-state index contributed by atoms with van der Waals surface area (Å²) in [5, 5.41) is 7.72. The number of nitrogens with two attached hydrogens (primary N) is 1. The Labute approximate surface area is 123 Å². The fraction of sp³-hybridized carbons (Fsp3) is 0.429. The molecule has 0 spiro atoms. The average Bonchev–Trinajstić information content (AvgIpc) is 2.82. The molecule has 6 heteroatoms. The number of benzene rings is 1. The second kappa shape index (κ2) is 6.76. The van der Waals surface area contributed by atoms with Crippen molar-refractivity contribution in [1.29, 1.82) is 0 Å². The molecule has 0 aliphatic heterocycles. The highest BCUT2D eigenvalue weighted by atomic mass is 32.2. The third-order valence-electron chi connectivity index (χ3n) is 2.84. The van der Waals surface area contributed by atoms with Crippen molar-refractivity contribution in [3.8, 4) is 5.75 Å². The first kappa shape index (κ1) is 14.9. The molecule has 0 amide bonds. The first-order valence-corrected chi connectivity index (χ1v) is 7.50. The Kier molecular flexibility index (Phi) is 5.03. The van der Waals surface area contributed by atoms with Gasteiger partial charge in [-0.15, -0.1) is 5.10 Å². The molecule has 1 aromatic carbocycles. The molecule has 0 saturated heterocycles. The van der Waals surface area contributed by atoms with Crippen LogP contribution >= 0.6 is 11.8 Å². The average molecular weight is 292 g/mol. The van der Waals surface area contributed by atoms with Gasteiger partial charge in [-0.1, -0.05) is 23.9 Å². The maximum absolute atomic E-state index is 5.85. The maximum atomic E-state index is 5.85. The van der Waals surface area contributed by atoms with Crippen molar-refractivity contribution >= 4 is 11.8 Å². The number of nitrogens with one attached hydrogen (secondary N) is 1. The van der Waals surface area contributed by atoms with Crippen LogP contribution in [0.25, 0.3) is 0 Å². The SMILES string of the molecule is COc1ccc(CC(C)N)cc1CSc1n[nH]c(C)n1. The summed E-state index contributed by atoms with van der Waals surface area (Å²) in [5.74, 6) is 2.48. The van der Waals surface area contributed by atoms with Gasteiger partial charge in [-0.25, -0.2) is 4.98 Å². The zero-order chi connectivity index (χ0) is 14.5. The molecule has 0 radical (unpaired) electrons. The van der Waals surface area contributed by atoms with Gasteiger partial charge in [-0.2, -0.15) is 0 Å². The summed E-state index contributed by atoms with van der Waals surface area (Å²) in [4.78, 5) is 4.29. The monoisotopic (exact) mass is 292 g/mol. The second-order valence-electron chi connectivity index (χ2n) is 4.82. The Bertz CT molecular complexity index is 568. The predicted octanol–water partition coefficient (Wildman–Crippen LogP) is 2.30. The number of hydrogen-bond donors (Lipinski definition) is 2. The summed E-state index contributed by atoms with van der Waals surface area (Å²) in [5.41, 5.74) is 8.21. The summed E-state index contributed by atoms with van der Waals surface area (Å²) < 4.78 is 5.41. The third kappa shape index (κ3) is 3.98. The first-order chi connectivity index (χ1) is 9.58. The topological polar surface area (TPSA) is 76.8 Å². The summed E-state index contributed by atoms with van der Waals surface area (Å²) in [6.07, 6.45) is 0.863. The first-order valence-electron chi connectivity index (χ1n) is 6.51. The fourth-order valence-electron chi connectivity index (χ4n) is 1.97. The van der Waals surface area contributed by atoms with Crippen LogP contribution in [-0.2, 0) is 12.2 Å². The lowest BCUT2D eigenvalue weighted by molar-refractivity contribution is 0.411. The summed E-state index contributed by atoms with van der Waals surface area (Å²) >= 11 is 1.59. The highest BCUT2D eigenvalue weighted by Crippen LogP contribution is 2.27. The van der Waals surface area contributed by atoms with Gasteiger partial charge in [-0.05, 0) is 31.9 Å². The largest absolute Gasteiger partial charge is 0.496 e. The van der Waals surface area contributed by atoms with E-state index in [1.165, 1.54) is 5.56 Å². The number of H-pyrrole nitrogens is 1. The van der Waals surface area contributed by atoms with Gasteiger partial charge < -0.3 is 10.5 Å². The van der Waals surface area contributed by atoms with Gasteiger partial charge in [0.1, 0.15) is 11.6 Å². The van der Waals surface area contributed by atoms with Gasteiger partial charge in [0.2, 0.25) is 5.16 Å². The minimum atomic E-state index is 0.152. The van der Waals surface area contributed by atoms with Crippen LogP contribution in [0.1, 0.15) is 23.9 Å². The van der Waals surface area contributed by atoms with E-state index in [0.717, 1.165) is 34.5 Å². The lowest BCUT2D eigenvalue weighted by Gasteiger charge is -2.11. The van der Waals surface area contributed by atoms with E-state index in [2.05, 4.69) is 27.3 Å². The van der Waals surface area contributed by atoms with Crippen LogP contribution in [-0.4, -0.2) is 28.3 Å². The highest BCUT2D eigenvalue weighted by Gasteiger charge is 2.08. The lowest BCUT2D eigenvalue weighted by Crippen LogP contribution is -2.17. The third-order valence-corrected chi connectivity index (χ3v) is 3.73. The zero-order valence-electron chi connectivity index (χ0n) is 12.0. The maximum Gasteiger partial charge on any atom is 0.208 e. The van der Waals surface area contributed by atoms with E-state index in [-0.39, 0.29) is 6.04 Å². The number of aromatic nitrogens is 3. The van der Waals surface area contributed by atoms with Crippen molar-refractivity contribution in [1.82, 2.24) is 15.2 Å². The van der Waals surface area contributed by atoms with Gasteiger partial charge in [0.15, 0.2) is 0 Å². The Balaban J connectivity index is 2.11. The van der Waals surface area contributed by atoms with Crippen molar-refractivity contribution in [2.45, 2.75) is 37.2 Å². The van der Waals surface area contributed by atoms with Crippen molar-refractivity contribution in [3.63, 3.8) is 0 Å². The fourth-order valence-corrected chi connectivity index (χ4v) is 2.79. The Hall–Kier alpha value is -1.53.